The molecule has 0 aliphatic carbocycles. The molecule has 2 N–H and O–H groups in total. The molecule has 2 aromatic carbocycles. The van der Waals surface area contributed by atoms with Crippen LogP contribution in [-0.2, 0) is 11.3 Å². The van der Waals surface area contributed by atoms with Gasteiger partial charge in [-0.1, -0.05) is 30.3 Å². The number of methoxy groups -OCH3 is 1. The highest BCUT2D eigenvalue weighted by molar-refractivity contribution is 5.97. The molecule has 154 valence electrons. The minimum Gasteiger partial charge on any atom is -0.494 e. The summed E-state index contributed by atoms with van der Waals surface area (Å²) in [6.45, 7) is 0.937. The third-order valence-electron chi connectivity index (χ3n) is 4.94. The molecule has 1 fully saturated rings. The number of amides is 3. The lowest BCUT2D eigenvalue weighted by atomic mass is 10.2. The van der Waals surface area contributed by atoms with Gasteiger partial charge in [0.15, 0.2) is 0 Å². The van der Waals surface area contributed by atoms with E-state index in [0.717, 1.165) is 23.4 Å². The van der Waals surface area contributed by atoms with Gasteiger partial charge in [0.25, 0.3) is 0 Å². The average Bonchev–Trinajstić information content (AvgIpc) is 3.42. The number of rotatable bonds is 6. The Kier molecular flexibility index (Phi) is 5.70. The van der Waals surface area contributed by atoms with Gasteiger partial charge in [-0.3, -0.25) is 4.79 Å². The third kappa shape index (κ3) is 4.30. The minimum absolute atomic E-state index is 0.0834. The van der Waals surface area contributed by atoms with Crippen molar-refractivity contribution < 1.29 is 18.7 Å². The summed E-state index contributed by atoms with van der Waals surface area (Å²) in [4.78, 5) is 26.0. The van der Waals surface area contributed by atoms with Gasteiger partial charge in [0, 0.05) is 30.3 Å². The second kappa shape index (κ2) is 8.73. The Hall–Kier alpha value is -3.74. The van der Waals surface area contributed by atoms with Crippen LogP contribution in [0.3, 0.4) is 0 Å². The van der Waals surface area contributed by atoms with Crippen molar-refractivity contribution in [2.24, 2.45) is 0 Å². The highest BCUT2D eigenvalue weighted by Gasteiger charge is 2.24. The number of ether oxygens (including phenoxy) is 1. The standard InChI is InChI=1S/C23H23N3O4/c1-29-21-14-17(9-11-19(21)26-13-5-8-22(26)27)25-23(28)24-15-18-10-12-20(30-18)16-6-3-2-4-7-16/h2-4,6-7,9-12,14H,5,8,13,15H2,1H3,(H2,24,25,28). The molecule has 0 saturated carbocycles. The van der Waals surface area contributed by atoms with Crippen LogP contribution in [0.25, 0.3) is 11.3 Å². The zero-order chi connectivity index (χ0) is 20.9. The van der Waals surface area contributed by atoms with Gasteiger partial charge in [-0.15, -0.1) is 0 Å². The first-order valence-corrected chi connectivity index (χ1v) is 9.81. The van der Waals surface area contributed by atoms with Gasteiger partial charge in [-0.05, 0) is 30.7 Å². The lowest BCUT2D eigenvalue weighted by Crippen LogP contribution is -2.28. The fourth-order valence-corrected chi connectivity index (χ4v) is 3.45. The Morgan fingerprint density at radius 3 is 2.70 bits per heavy atom. The SMILES string of the molecule is COc1cc(NC(=O)NCc2ccc(-c3ccccc3)o2)ccc1N1CCCC1=O. The van der Waals surface area contributed by atoms with Crippen LogP contribution in [0, 0.1) is 0 Å². The lowest BCUT2D eigenvalue weighted by Gasteiger charge is -2.19. The van der Waals surface area contributed by atoms with Crippen molar-refractivity contribution in [3.05, 3.63) is 66.4 Å². The monoisotopic (exact) mass is 405 g/mol. The van der Waals surface area contributed by atoms with Gasteiger partial charge in [0.1, 0.15) is 17.3 Å². The average molecular weight is 405 g/mol. The van der Waals surface area contributed by atoms with E-state index in [-0.39, 0.29) is 18.5 Å². The summed E-state index contributed by atoms with van der Waals surface area (Å²) in [6.07, 6.45) is 1.38. The smallest absolute Gasteiger partial charge is 0.319 e. The number of carbonyl (C=O) groups is 2. The Bertz CT molecular complexity index is 1050. The van der Waals surface area contributed by atoms with E-state index in [9.17, 15) is 9.59 Å². The van der Waals surface area contributed by atoms with Crippen LogP contribution in [-0.4, -0.2) is 25.6 Å². The van der Waals surface area contributed by atoms with Crippen LogP contribution in [0.5, 0.6) is 5.75 Å². The Balaban J connectivity index is 1.36. The predicted molar refractivity (Wildman–Crippen MR) is 115 cm³/mol. The highest BCUT2D eigenvalue weighted by atomic mass is 16.5. The van der Waals surface area contributed by atoms with Crippen LogP contribution in [0.1, 0.15) is 18.6 Å². The molecular weight excluding hydrogens is 382 g/mol. The van der Waals surface area contributed by atoms with E-state index >= 15 is 0 Å². The third-order valence-corrected chi connectivity index (χ3v) is 4.94. The number of nitrogens with one attached hydrogen (secondary N) is 2. The summed E-state index contributed by atoms with van der Waals surface area (Å²) in [5.41, 5.74) is 2.27. The molecule has 0 bridgehead atoms. The van der Waals surface area contributed by atoms with Gasteiger partial charge in [-0.2, -0.15) is 0 Å². The maximum Gasteiger partial charge on any atom is 0.319 e. The molecule has 0 unspecified atom stereocenters. The van der Waals surface area contributed by atoms with E-state index in [0.29, 0.717) is 30.2 Å². The summed E-state index contributed by atoms with van der Waals surface area (Å²) < 4.78 is 11.2. The van der Waals surface area contributed by atoms with E-state index < -0.39 is 0 Å². The molecule has 1 aromatic heterocycles. The molecule has 3 aromatic rings. The van der Waals surface area contributed by atoms with Crippen molar-refractivity contribution in [3.8, 4) is 17.1 Å². The molecule has 2 heterocycles. The second-order valence-corrected chi connectivity index (χ2v) is 6.98. The highest BCUT2D eigenvalue weighted by Crippen LogP contribution is 2.33. The Labute approximate surface area is 174 Å². The summed E-state index contributed by atoms with van der Waals surface area (Å²) in [5.74, 6) is 2.04. The zero-order valence-corrected chi connectivity index (χ0v) is 16.7. The quantitative estimate of drug-likeness (QED) is 0.637. The van der Waals surface area contributed by atoms with Gasteiger partial charge < -0.3 is 24.7 Å². The Morgan fingerprint density at radius 2 is 1.97 bits per heavy atom. The molecule has 7 heteroatoms. The molecule has 0 atom stereocenters. The molecule has 0 spiro atoms. The van der Waals surface area contributed by atoms with Crippen LogP contribution in [0.2, 0.25) is 0 Å². The molecule has 4 rings (SSSR count). The maximum absolute atomic E-state index is 12.3. The number of furan rings is 1. The topological polar surface area (TPSA) is 83.8 Å². The molecule has 1 saturated heterocycles. The van der Waals surface area contributed by atoms with Crippen molar-refractivity contribution in [1.29, 1.82) is 0 Å². The maximum atomic E-state index is 12.3. The summed E-state index contributed by atoms with van der Waals surface area (Å²) in [7, 11) is 1.55. The largest absolute Gasteiger partial charge is 0.494 e. The Morgan fingerprint density at radius 1 is 1.13 bits per heavy atom. The van der Waals surface area contributed by atoms with Gasteiger partial charge in [0.2, 0.25) is 5.91 Å². The van der Waals surface area contributed by atoms with E-state index in [2.05, 4.69) is 10.6 Å². The lowest BCUT2D eigenvalue weighted by molar-refractivity contribution is -0.117. The molecule has 0 radical (unpaired) electrons. The minimum atomic E-state index is -0.361. The number of anilines is 2. The zero-order valence-electron chi connectivity index (χ0n) is 16.7. The van der Waals surface area contributed by atoms with Gasteiger partial charge in [0.05, 0.1) is 19.3 Å². The molecule has 1 aliphatic heterocycles. The first-order chi connectivity index (χ1) is 14.6. The van der Waals surface area contributed by atoms with Gasteiger partial charge in [-0.25, -0.2) is 4.79 Å². The molecule has 30 heavy (non-hydrogen) atoms. The number of urea groups is 1. The van der Waals surface area contributed by atoms with Crippen LogP contribution in [0.4, 0.5) is 16.2 Å². The first-order valence-electron chi connectivity index (χ1n) is 9.81. The van der Waals surface area contributed by atoms with Crippen LogP contribution >= 0.6 is 0 Å². The summed E-state index contributed by atoms with van der Waals surface area (Å²) in [6, 6.07) is 18.4. The second-order valence-electron chi connectivity index (χ2n) is 6.98. The number of benzene rings is 2. The van der Waals surface area contributed by atoms with Crippen molar-refractivity contribution >= 4 is 23.3 Å². The number of hydrogen-bond donors (Lipinski definition) is 2. The predicted octanol–water partition coefficient (Wildman–Crippen LogP) is 4.40. The van der Waals surface area contributed by atoms with E-state index in [4.69, 9.17) is 9.15 Å². The number of nitrogens with zero attached hydrogens (tertiary/aromatic N) is 1. The fraction of sp³-hybridized carbons (Fsp3) is 0.217. The summed E-state index contributed by atoms with van der Waals surface area (Å²) in [5, 5.41) is 5.56. The van der Waals surface area contributed by atoms with Gasteiger partial charge >= 0.3 is 6.03 Å². The molecule has 3 amide bonds. The summed E-state index contributed by atoms with van der Waals surface area (Å²) >= 11 is 0. The van der Waals surface area contributed by atoms with Crippen molar-refractivity contribution in [2.75, 3.05) is 23.9 Å². The van der Waals surface area contributed by atoms with Crippen molar-refractivity contribution in [3.63, 3.8) is 0 Å². The first kappa shape index (κ1) is 19.6. The van der Waals surface area contributed by atoms with Crippen molar-refractivity contribution in [1.82, 2.24) is 5.32 Å². The van der Waals surface area contributed by atoms with E-state index in [1.807, 2.05) is 42.5 Å². The number of hydrogen-bond acceptors (Lipinski definition) is 4. The molecular formula is C23H23N3O4. The van der Waals surface area contributed by atoms with E-state index in [1.165, 1.54) is 0 Å². The molecule has 7 nitrogen and oxygen atoms in total. The normalized spacial score (nSPS) is 13.4. The van der Waals surface area contributed by atoms with Crippen molar-refractivity contribution in [2.45, 2.75) is 19.4 Å². The van der Waals surface area contributed by atoms with Crippen LogP contribution < -0.4 is 20.3 Å². The fourth-order valence-electron chi connectivity index (χ4n) is 3.45. The molecule has 1 aliphatic rings. The van der Waals surface area contributed by atoms with Crippen LogP contribution in [0.15, 0.2) is 65.1 Å². The number of carbonyl (C=O) groups excluding carboxylic acids is 2. The van der Waals surface area contributed by atoms with E-state index in [1.54, 1.807) is 30.2 Å².